The monoisotopic (exact) mass is 746 g/mol. The predicted molar refractivity (Wildman–Crippen MR) is 212 cm³/mol. The van der Waals surface area contributed by atoms with Crippen molar-refractivity contribution in [1.82, 2.24) is 40.2 Å². The summed E-state index contributed by atoms with van der Waals surface area (Å²) in [5.74, 6) is -1.000. The van der Waals surface area contributed by atoms with Crippen molar-refractivity contribution in [3.8, 4) is 45.3 Å². The molecule has 2 amide bonds. The molecule has 6 aromatic rings. The zero-order chi connectivity index (χ0) is 40.1. The molecule has 0 saturated carbocycles. The van der Waals surface area contributed by atoms with E-state index in [-0.39, 0.29) is 40.6 Å². The number of amides is 2. The first-order chi connectivity index (χ1) is 25.9. The molecule has 55 heavy (non-hydrogen) atoms. The van der Waals surface area contributed by atoms with Gasteiger partial charge in [-0.3, -0.25) is 19.0 Å². The van der Waals surface area contributed by atoms with E-state index in [1.54, 1.807) is 60.9 Å². The molecule has 0 unspecified atom stereocenters. The van der Waals surface area contributed by atoms with Gasteiger partial charge in [0.25, 0.3) is 11.8 Å². The van der Waals surface area contributed by atoms with Gasteiger partial charge in [-0.2, -0.15) is 10.2 Å². The van der Waals surface area contributed by atoms with Crippen LogP contribution in [-0.2, 0) is 6.54 Å². The highest BCUT2D eigenvalue weighted by Gasteiger charge is 2.21. The highest BCUT2D eigenvalue weighted by Crippen LogP contribution is 2.28. The van der Waals surface area contributed by atoms with Crippen LogP contribution in [0.5, 0.6) is 0 Å². The number of aryl methyl sites for hydroxylation is 1. The summed E-state index contributed by atoms with van der Waals surface area (Å²) in [6, 6.07) is 23.0. The van der Waals surface area contributed by atoms with Crippen LogP contribution in [0.25, 0.3) is 45.3 Å². The van der Waals surface area contributed by atoms with Crippen LogP contribution in [0.3, 0.4) is 0 Å². The second-order valence-corrected chi connectivity index (χ2v) is 15.5. The Labute approximate surface area is 321 Å². The standard InChI is InChI=1S/C22H25FN4O.C21H23FN4O/c1-14(2)27-20(10-11-24-27)19-13-16(21(28)26-22(3,4)5)12-18(25-19)15-6-8-17(23)9-7-15;1-5-26-19(10-11-23-26)18-13-15(20(27)25-21(2,3)4)12-17(24-18)14-6-8-16(22)9-7-14/h6-14H,1-5H3,(H,26,28);6-13H,5H2,1-4H3,(H,25,27). The fourth-order valence-electron chi connectivity index (χ4n) is 5.68. The van der Waals surface area contributed by atoms with Crippen LogP contribution in [0.1, 0.15) is 89.1 Å². The van der Waals surface area contributed by atoms with E-state index in [0.29, 0.717) is 40.4 Å². The zero-order valence-electron chi connectivity index (χ0n) is 32.8. The highest BCUT2D eigenvalue weighted by atomic mass is 19.1. The van der Waals surface area contributed by atoms with Crippen LogP contribution in [0.15, 0.2) is 97.3 Å². The third-order valence-electron chi connectivity index (χ3n) is 8.13. The number of hydrogen-bond acceptors (Lipinski definition) is 6. The summed E-state index contributed by atoms with van der Waals surface area (Å²) in [5.41, 5.74) is 5.90. The Kier molecular flexibility index (Phi) is 12.1. The number of nitrogens with one attached hydrogen (secondary N) is 2. The molecule has 10 nitrogen and oxygen atoms in total. The second-order valence-electron chi connectivity index (χ2n) is 15.5. The van der Waals surface area contributed by atoms with Gasteiger partial charge in [0.05, 0.1) is 34.2 Å². The highest BCUT2D eigenvalue weighted by molar-refractivity contribution is 5.97. The van der Waals surface area contributed by atoms with Crippen LogP contribution < -0.4 is 10.6 Å². The lowest BCUT2D eigenvalue weighted by Crippen LogP contribution is -2.40. The predicted octanol–water partition coefficient (Wildman–Crippen LogP) is 9.16. The molecular formula is C43H48F2N8O2. The Hall–Kier alpha value is -6.04. The molecule has 4 heterocycles. The normalized spacial score (nSPS) is 11.6. The number of carbonyl (C=O) groups is 2. The molecule has 286 valence electrons. The maximum absolute atomic E-state index is 13.3. The van der Waals surface area contributed by atoms with E-state index in [0.717, 1.165) is 22.5 Å². The Balaban J connectivity index is 0.000000211. The molecule has 6 rings (SSSR count). The molecule has 2 aromatic carbocycles. The van der Waals surface area contributed by atoms with Gasteiger partial charge in [-0.25, -0.2) is 18.7 Å². The SMILES string of the molecule is CC(C)n1nccc1-c1cc(C(=O)NC(C)(C)C)cc(-c2ccc(F)cc2)n1.CCn1nccc1-c1cc(C(=O)NC(C)(C)C)cc(-c2ccc(F)cc2)n1. The summed E-state index contributed by atoms with van der Waals surface area (Å²) >= 11 is 0. The topological polar surface area (TPSA) is 120 Å². The van der Waals surface area contributed by atoms with Gasteiger partial charge in [-0.15, -0.1) is 0 Å². The first-order valence-corrected chi connectivity index (χ1v) is 18.2. The summed E-state index contributed by atoms with van der Waals surface area (Å²) < 4.78 is 30.3. The maximum atomic E-state index is 13.3. The maximum Gasteiger partial charge on any atom is 0.251 e. The van der Waals surface area contributed by atoms with Crippen molar-refractivity contribution in [3.05, 3.63) is 120 Å². The van der Waals surface area contributed by atoms with Crippen LogP contribution in [0, 0.1) is 11.6 Å². The molecule has 0 saturated heterocycles. The van der Waals surface area contributed by atoms with Gasteiger partial charge < -0.3 is 10.6 Å². The van der Waals surface area contributed by atoms with Gasteiger partial charge >= 0.3 is 0 Å². The molecule has 0 fully saturated rings. The Morgan fingerprint density at radius 3 is 1.44 bits per heavy atom. The summed E-state index contributed by atoms with van der Waals surface area (Å²) in [6.45, 7) is 18.3. The molecule has 0 aliphatic heterocycles. The van der Waals surface area contributed by atoms with Crippen molar-refractivity contribution in [3.63, 3.8) is 0 Å². The number of halogens is 2. The molecule has 0 radical (unpaired) electrons. The molecule has 0 spiro atoms. The number of benzene rings is 2. The molecule has 0 aliphatic carbocycles. The van der Waals surface area contributed by atoms with Gasteiger partial charge in [0.1, 0.15) is 11.6 Å². The second kappa shape index (κ2) is 16.5. The van der Waals surface area contributed by atoms with Gasteiger partial charge in [-0.1, -0.05) is 0 Å². The van der Waals surface area contributed by atoms with Crippen molar-refractivity contribution in [2.24, 2.45) is 0 Å². The van der Waals surface area contributed by atoms with Crippen molar-refractivity contribution in [2.75, 3.05) is 0 Å². The van der Waals surface area contributed by atoms with Crippen LogP contribution in [0.4, 0.5) is 8.78 Å². The van der Waals surface area contributed by atoms with Gasteiger partial charge in [0.15, 0.2) is 0 Å². The van der Waals surface area contributed by atoms with Gasteiger partial charge in [-0.05, 0) is 147 Å². The lowest BCUT2D eigenvalue weighted by molar-refractivity contribution is 0.0910. The van der Waals surface area contributed by atoms with E-state index in [1.165, 1.54) is 24.3 Å². The van der Waals surface area contributed by atoms with Crippen LogP contribution in [0.2, 0.25) is 0 Å². The fraction of sp³-hybridized carbons (Fsp3) is 0.302. The Morgan fingerprint density at radius 2 is 1.02 bits per heavy atom. The summed E-state index contributed by atoms with van der Waals surface area (Å²) in [4.78, 5) is 35.0. The van der Waals surface area contributed by atoms with Crippen LogP contribution >= 0.6 is 0 Å². The summed E-state index contributed by atoms with van der Waals surface area (Å²) in [5, 5.41) is 14.6. The summed E-state index contributed by atoms with van der Waals surface area (Å²) in [7, 11) is 0. The lowest BCUT2D eigenvalue weighted by Gasteiger charge is -2.21. The van der Waals surface area contributed by atoms with Crippen LogP contribution in [-0.4, -0.2) is 52.4 Å². The zero-order valence-corrected chi connectivity index (χ0v) is 32.8. The van der Waals surface area contributed by atoms with E-state index >= 15 is 0 Å². The summed E-state index contributed by atoms with van der Waals surface area (Å²) in [6.07, 6.45) is 3.43. The minimum absolute atomic E-state index is 0.146. The smallest absolute Gasteiger partial charge is 0.251 e. The first-order valence-electron chi connectivity index (χ1n) is 18.2. The van der Waals surface area contributed by atoms with Crippen molar-refractivity contribution >= 4 is 11.8 Å². The fourth-order valence-corrected chi connectivity index (χ4v) is 5.68. The molecule has 2 N–H and O–H groups in total. The minimum atomic E-state index is -0.365. The first kappa shape index (κ1) is 40.2. The van der Waals surface area contributed by atoms with E-state index in [9.17, 15) is 18.4 Å². The number of hydrogen-bond donors (Lipinski definition) is 2. The number of nitrogens with zero attached hydrogens (tertiary/aromatic N) is 6. The molecule has 0 aliphatic rings. The molecule has 12 heteroatoms. The number of aromatic nitrogens is 6. The Morgan fingerprint density at radius 1 is 0.618 bits per heavy atom. The van der Waals surface area contributed by atoms with Crippen molar-refractivity contribution in [2.45, 2.75) is 86.0 Å². The largest absolute Gasteiger partial charge is 0.347 e. The molecule has 0 atom stereocenters. The van der Waals surface area contributed by atoms with E-state index < -0.39 is 0 Å². The van der Waals surface area contributed by atoms with E-state index in [2.05, 4.69) is 20.8 Å². The molecular weight excluding hydrogens is 699 g/mol. The van der Waals surface area contributed by atoms with Gasteiger partial charge in [0, 0.05) is 58.3 Å². The van der Waals surface area contributed by atoms with E-state index in [1.807, 2.05) is 83.8 Å². The number of rotatable bonds is 8. The quantitative estimate of drug-likeness (QED) is 0.160. The molecule has 4 aromatic heterocycles. The average Bonchev–Trinajstić information content (AvgIpc) is 3.82. The number of carbonyl (C=O) groups excluding carboxylic acids is 2. The Bertz CT molecular complexity index is 2260. The van der Waals surface area contributed by atoms with E-state index in [4.69, 9.17) is 9.97 Å². The van der Waals surface area contributed by atoms with Crippen molar-refractivity contribution < 1.29 is 18.4 Å². The van der Waals surface area contributed by atoms with Gasteiger partial charge in [0.2, 0.25) is 0 Å². The minimum Gasteiger partial charge on any atom is -0.347 e. The van der Waals surface area contributed by atoms with Crippen molar-refractivity contribution in [1.29, 1.82) is 0 Å². The lowest BCUT2D eigenvalue weighted by atomic mass is 10.0. The molecule has 0 bridgehead atoms. The third-order valence-corrected chi connectivity index (χ3v) is 8.13. The number of pyridine rings is 2. The average molecular weight is 747 g/mol. The third kappa shape index (κ3) is 10.6.